The van der Waals surface area contributed by atoms with Crippen molar-refractivity contribution >= 4 is 35.2 Å². The first-order valence-corrected chi connectivity index (χ1v) is 11.1. The molecule has 9 heteroatoms. The second kappa shape index (κ2) is 10.6. The molecule has 184 valence electrons. The minimum absolute atomic E-state index is 0.0470. The molecule has 0 spiro atoms. The van der Waals surface area contributed by atoms with Crippen molar-refractivity contribution in [2.45, 2.75) is 6.92 Å². The smallest absolute Gasteiger partial charge is 0.282 e. The number of amides is 3. The third-order valence-corrected chi connectivity index (χ3v) is 5.47. The summed E-state index contributed by atoms with van der Waals surface area (Å²) in [5, 5.41) is 3.99. The van der Waals surface area contributed by atoms with E-state index in [2.05, 4.69) is 10.7 Å². The number of rotatable bonds is 8. The van der Waals surface area contributed by atoms with Crippen LogP contribution in [0.4, 0.5) is 11.4 Å². The summed E-state index contributed by atoms with van der Waals surface area (Å²) >= 11 is 0. The predicted molar refractivity (Wildman–Crippen MR) is 135 cm³/mol. The molecule has 1 aliphatic heterocycles. The number of methoxy groups -OCH3 is 2. The summed E-state index contributed by atoms with van der Waals surface area (Å²) in [7, 11) is 2.88. The van der Waals surface area contributed by atoms with Gasteiger partial charge >= 0.3 is 0 Å². The van der Waals surface area contributed by atoms with Crippen molar-refractivity contribution in [3.8, 4) is 17.2 Å². The average Bonchev–Trinajstić information content (AvgIpc) is 3.17. The highest BCUT2D eigenvalue weighted by Gasteiger charge is 2.34. The van der Waals surface area contributed by atoms with Gasteiger partial charge in [-0.3, -0.25) is 19.8 Å². The number of para-hydroxylation sites is 2. The SMILES string of the molecule is COc1cc(/C=C2/C(=O)NN(c3ccccc3)C2=O)cc(OC)c1OCC(=O)Nc1ccccc1C. The fourth-order valence-corrected chi connectivity index (χ4v) is 3.65. The summed E-state index contributed by atoms with van der Waals surface area (Å²) in [6, 6.07) is 19.4. The third kappa shape index (κ3) is 5.15. The lowest BCUT2D eigenvalue weighted by Crippen LogP contribution is -2.35. The topological polar surface area (TPSA) is 106 Å². The van der Waals surface area contributed by atoms with Gasteiger partial charge in [0.1, 0.15) is 5.57 Å². The molecule has 3 aromatic carbocycles. The van der Waals surface area contributed by atoms with E-state index in [1.54, 1.807) is 42.5 Å². The van der Waals surface area contributed by atoms with Crippen LogP contribution in [0.3, 0.4) is 0 Å². The maximum absolute atomic E-state index is 12.9. The minimum atomic E-state index is -0.532. The molecule has 1 aliphatic rings. The summed E-state index contributed by atoms with van der Waals surface area (Å²) < 4.78 is 16.6. The van der Waals surface area contributed by atoms with Crippen LogP contribution in [0.15, 0.2) is 72.3 Å². The van der Waals surface area contributed by atoms with Crippen LogP contribution in [0, 0.1) is 6.92 Å². The van der Waals surface area contributed by atoms with E-state index in [0.717, 1.165) is 5.56 Å². The van der Waals surface area contributed by atoms with Crippen molar-refractivity contribution in [3.63, 3.8) is 0 Å². The summed E-state index contributed by atoms with van der Waals surface area (Å²) in [5.74, 6) is -0.609. The van der Waals surface area contributed by atoms with Crippen LogP contribution in [-0.2, 0) is 14.4 Å². The largest absolute Gasteiger partial charge is 0.493 e. The zero-order valence-electron chi connectivity index (χ0n) is 20.0. The fourth-order valence-electron chi connectivity index (χ4n) is 3.65. The Hall–Kier alpha value is -4.79. The molecule has 36 heavy (non-hydrogen) atoms. The molecule has 0 atom stereocenters. The Morgan fingerprint density at radius 2 is 1.61 bits per heavy atom. The Bertz CT molecular complexity index is 1310. The van der Waals surface area contributed by atoms with Gasteiger partial charge in [0.25, 0.3) is 17.7 Å². The summed E-state index contributed by atoms with van der Waals surface area (Å²) in [5.41, 5.74) is 5.15. The summed E-state index contributed by atoms with van der Waals surface area (Å²) in [4.78, 5) is 37.9. The van der Waals surface area contributed by atoms with Gasteiger partial charge in [0, 0.05) is 5.69 Å². The number of hydrazine groups is 1. The van der Waals surface area contributed by atoms with E-state index in [0.29, 0.717) is 16.9 Å². The standard InChI is InChI=1S/C27H25N3O6/c1-17-9-7-8-12-21(17)28-24(31)16-36-25-22(34-2)14-18(15-23(25)35-3)13-20-26(32)29-30(27(20)33)19-10-5-4-6-11-19/h4-15H,16H2,1-3H3,(H,28,31)(H,29,32)/b20-13-. The molecule has 1 heterocycles. The zero-order valence-corrected chi connectivity index (χ0v) is 20.0. The molecular weight excluding hydrogens is 462 g/mol. The Balaban J connectivity index is 1.55. The minimum Gasteiger partial charge on any atom is -0.493 e. The number of benzene rings is 3. The number of hydrogen-bond donors (Lipinski definition) is 2. The molecule has 0 radical (unpaired) electrons. The number of nitrogens with one attached hydrogen (secondary N) is 2. The number of nitrogens with zero attached hydrogens (tertiary/aromatic N) is 1. The van der Waals surface area contributed by atoms with Gasteiger partial charge in [-0.15, -0.1) is 0 Å². The fraction of sp³-hybridized carbons (Fsp3) is 0.148. The van der Waals surface area contributed by atoms with Gasteiger partial charge in [0.05, 0.1) is 19.9 Å². The lowest BCUT2D eigenvalue weighted by molar-refractivity contribution is -0.118. The summed E-state index contributed by atoms with van der Waals surface area (Å²) in [6.45, 7) is 1.61. The van der Waals surface area contributed by atoms with Crippen molar-refractivity contribution in [2.24, 2.45) is 0 Å². The molecule has 9 nitrogen and oxygen atoms in total. The highest BCUT2D eigenvalue weighted by atomic mass is 16.5. The van der Waals surface area contributed by atoms with Gasteiger partial charge in [0.15, 0.2) is 18.1 Å². The highest BCUT2D eigenvalue weighted by Crippen LogP contribution is 2.39. The first-order chi connectivity index (χ1) is 17.4. The normalized spacial score (nSPS) is 14.0. The molecule has 2 N–H and O–H groups in total. The number of carbonyl (C=O) groups excluding carboxylic acids is 3. The van der Waals surface area contributed by atoms with E-state index >= 15 is 0 Å². The van der Waals surface area contributed by atoms with Crippen LogP contribution in [0.2, 0.25) is 0 Å². The quantitative estimate of drug-likeness (QED) is 0.372. The number of carbonyl (C=O) groups is 3. The van der Waals surface area contributed by atoms with Crippen LogP contribution in [0.25, 0.3) is 6.08 Å². The summed E-state index contributed by atoms with van der Waals surface area (Å²) in [6.07, 6.45) is 1.44. The van der Waals surface area contributed by atoms with Crippen molar-refractivity contribution in [2.75, 3.05) is 31.2 Å². The van der Waals surface area contributed by atoms with Crippen LogP contribution in [0.1, 0.15) is 11.1 Å². The molecule has 0 aliphatic carbocycles. The third-order valence-electron chi connectivity index (χ3n) is 5.47. The second-order valence-electron chi connectivity index (χ2n) is 7.88. The molecule has 0 bridgehead atoms. The highest BCUT2D eigenvalue weighted by molar-refractivity contribution is 6.31. The molecule has 4 rings (SSSR count). The first-order valence-electron chi connectivity index (χ1n) is 11.1. The average molecular weight is 488 g/mol. The first kappa shape index (κ1) is 24.3. The zero-order chi connectivity index (χ0) is 25.7. The molecule has 1 saturated heterocycles. The monoisotopic (exact) mass is 487 g/mol. The Kier molecular flexibility index (Phi) is 7.20. The van der Waals surface area contributed by atoms with E-state index in [-0.39, 0.29) is 35.3 Å². The number of ether oxygens (including phenoxy) is 3. The van der Waals surface area contributed by atoms with Crippen molar-refractivity contribution < 1.29 is 28.6 Å². The van der Waals surface area contributed by atoms with Crippen molar-refractivity contribution in [1.29, 1.82) is 0 Å². The molecule has 0 saturated carbocycles. The maximum atomic E-state index is 12.9. The van der Waals surface area contributed by atoms with Gasteiger partial charge in [-0.2, -0.15) is 0 Å². The number of anilines is 2. The number of hydrogen-bond acceptors (Lipinski definition) is 6. The van der Waals surface area contributed by atoms with E-state index in [9.17, 15) is 14.4 Å². The van der Waals surface area contributed by atoms with Crippen molar-refractivity contribution in [3.05, 3.63) is 83.4 Å². The molecular formula is C27H25N3O6. The van der Waals surface area contributed by atoms with Crippen molar-refractivity contribution in [1.82, 2.24) is 5.43 Å². The molecule has 0 unspecified atom stereocenters. The Morgan fingerprint density at radius 1 is 0.972 bits per heavy atom. The maximum Gasteiger partial charge on any atom is 0.282 e. The lowest BCUT2D eigenvalue weighted by atomic mass is 10.1. The van der Waals surface area contributed by atoms with Crippen LogP contribution >= 0.6 is 0 Å². The lowest BCUT2D eigenvalue weighted by Gasteiger charge is -2.16. The van der Waals surface area contributed by atoms with Crippen LogP contribution in [-0.4, -0.2) is 38.5 Å². The van der Waals surface area contributed by atoms with Gasteiger partial charge in [-0.05, 0) is 54.5 Å². The van der Waals surface area contributed by atoms with E-state index in [1.807, 2.05) is 31.2 Å². The van der Waals surface area contributed by atoms with Gasteiger partial charge < -0.3 is 19.5 Å². The van der Waals surface area contributed by atoms with E-state index < -0.39 is 11.8 Å². The second-order valence-corrected chi connectivity index (χ2v) is 7.88. The van der Waals surface area contributed by atoms with E-state index in [4.69, 9.17) is 14.2 Å². The molecule has 3 amide bonds. The van der Waals surface area contributed by atoms with Crippen LogP contribution in [0.5, 0.6) is 17.2 Å². The van der Waals surface area contributed by atoms with Gasteiger partial charge in [0.2, 0.25) is 5.75 Å². The Morgan fingerprint density at radius 3 is 2.25 bits per heavy atom. The van der Waals surface area contributed by atoms with E-state index in [1.165, 1.54) is 25.3 Å². The molecule has 0 aromatic heterocycles. The number of aryl methyl sites for hydroxylation is 1. The molecule has 1 fully saturated rings. The molecule has 3 aromatic rings. The van der Waals surface area contributed by atoms with Gasteiger partial charge in [-0.1, -0.05) is 36.4 Å². The predicted octanol–water partition coefficient (Wildman–Crippen LogP) is 3.49. The van der Waals surface area contributed by atoms with Gasteiger partial charge in [-0.25, -0.2) is 5.01 Å². The Labute approximate surface area is 208 Å². The van der Waals surface area contributed by atoms with Crippen LogP contribution < -0.4 is 30.0 Å².